The molecule has 0 fully saturated rings. The van der Waals surface area contributed by atoms with Crippen LogP contribution in [0.1, 0.15) is 34.6 Å². The predicted octanol–water partition coefficient (Wildman–Crippen LogP) is 1.57. The van der Waals surface area contributed by atoms with E-state index in [1.54, 1.807) is 18.7 Å². The van der Waals surface area contributed by atoms with Gasteiger partial charge in [0.15, 0.2) is 0 Å². The number of hydrogen-bond acceptors (Lipinski definition) is 5. The van der Waals surface area contributed by atoms with Crippen LogP contribution >= 0.6 is 11.3 Å². The van der Waals surface area contributed by atoms with Gasteiger partial charge in [0.25, 0.3) is 5.91 Å². The van der Waals surface area contributed by atoms with Gasteiger partial charge in [-0.15, -0.1) is 11.3 Å². The summed E-state index contributed by atoms with van der Waals surface area (Å²) in [6.07, 6.45) is 0.101. The largest absolute Gasteiger partial charge is 0.453 e. The van der Waals surface area contributed by atoms with Crippen molar-refractivity contribution in [1.82, 2.24) is 4.90 Å². The Balaban J connectivity index is 2.34. The van der Waals surface area contributed by atoms with Crippen molar-refractivity contribution in [2.24, 2.45) is 11.7 Å². The first-order valence-corrected chi connectivity index (χ1v) is 7.74. The number of nitrogens with zero attached hydrogens (tertiary/aromatic N) is 1. The highest BCUT2D eigenvalue weighted by atomic mass is 32.1. The second kappa shape index (κ2) is 6.35. The van der Waals surface area contributed by atoms with Gasteiger partial charge in [0, 0.05) is 17.3 Å². The lowest BCUT2D eigenvalue weighted by molar-refractivity contribution is -0.118. The molecule has 2 heterocycles. The first kappa shape index (κ1) is 16.3. The minimum atomic E-state index is -0.567. The van der Waals surface area contributed by atoms with Crippen LogP contribution in [0.2, 0.25) is 0 Å². The summed E-state index contributed by atoms with van der Waals surface area (Å²) >= 11 is 1.29. The molecule has 8 heteroatoms. The Morgan fingerprint density at radius 3 is 2.59 bits per heavy atom. The van der Waals surface area contributed by atoms with Gasteiger partial charge < -0.3 is 20.7 Å². The molecule has 1 aromatic rings. The molecule has 3 amide bonds. The van der Waals surface area contributed by atoms with Crippen molar-refractivity contribution in [1.29, 1.82) is 0 Å². The number of carbonyl (C=O) groups is 3. The van der Waals surface area contributed by atoms with Crippen LogP contribution in [0, 0.1) is 5.92 Å². The van der Waals surface area contributed by atoms with Crippen LogP contribution in [0.15, 0.2) is 0 Å². The van der Waals surface area contributed by atoms with Crippen LogP contribution in [0.5, 0.6) is 0 Å². The highest BCUT2D eigenvalue weighted by Crippen LogP contribution is 2.37. The smallest absolute Gasteiger partial charge is 0.409 e. The fourth-order valence-electron chi connectivity index (χ4n) is 2.29. The van der Waals surface area contributed by atoms with Gasteiger partial charge in [0.05, 0.1) is 19.2 Å². The standard InChI is InChI=1S/C14H19N3O4S/c1-7(2)12(19)16-13-10(11(15)18)8-4-5-17(14(20)21-3)6-9(8)22-13/h7H,4-6H2,1-3H3,(H2,15,18)(H,16,19). The Labute approximate surface area is 132 Å². The van der Waals surface area contributed by atoms with Crippen LogP contribution in [-0.4, -0.2) is 36.5 Å². The maximum absolute atomic E-state index is 11.9. The van der Waals surface area contributed by atoms with Gasteiger partial charge in [0.1, 0.15) is 5.00 Å². The van der Waals surface area contributed by atoms with Crippen LogP contribution in [0.25, 0.3) is 0 Å². The Morgan fingerprint density at radius 1 is 1.36 bits per heavy atom. The highest BCUT2D eigenvalue weighted by Gasteiger charge is 2.29. The number of nitrogens with one attached hydrogen (secondary N) is 1. The number of primary amides is 1. The number of rotatable bonds is 3. The molecule has 0 saturated carbocycles. The molecule has 7 nitrogen and oxygen atoms in total. The lowest BCUT2D eigenvalue weighted by atomic mass is 10.0. The molecule has 0 aliphatic carbocycles. The summed E-state index contributed by atoms with van der Waals surface area (Å²) in [5.74, 6) is -0.944. The minimum absolute atomic E-state index is 0.175. The zero-order chi connectivity index (χ0) is 16.4. The van der Waals surface area contributed by atoms with E-state index >= 15 is 0 Å². The van der Waals surface area contributed by atoms with Crippen molar-refractivity contribution >= 4 is 34.2 Å². The van der Waals surface area contributed by atoms with Gasteiger partial charge in [-0.2, -0.15) is 0 Å². The Hall–Kier alpha value is -2.09. The number of hydrogen-bond donors (Lipinski definition) is 2. The average Bonchev–Trinajstić information content (AvgIpc) is 2.82. The maximum atomic E-state index is 11.9. The molecule has 0 aromatic carbocycles. The first-order valence-electron chi connectivity index (χ1n) is 6.93. The third kappa shape index (κ3) is 3.06. The van der Waals surface area contributed by atoms with Crippen molar-refractivity contribution in [3.8, 4) is 0 Å². The summed E-state index contributed by atoms with van der Waals surface area (Å²) in [6.45, 7) is 4.34. The van der Waals surface area contributed by atoms with E-state index in [4.69, 9.17) is 10.5 Å². The monoisotopic (exact) mass is 325 g/mol. The van der Waals surface area contributed by atoms with Crippen molar-refractivity contribution in [3.05, 3.63) is 16.0 Å². The fourth-order valence-corrected chi connectivity index (χ4v) is 3.56. The summed E-state index contributed by atoms with van der Waals surface area (Å²) in [6, 6.07) is 0. The van der Waals surface area contributed by atoms with E-state index in [2.05, 4.69) is 5.32 Å². The molecule has 0 atom stereocenters. The molecule has 2 rings (SSSR count). The molecule has 0 unspecified atom stereocenters. The lowest BCUT2D eigenvalue weighted by Crippen LogP contribution is -2.35. The number of fused-ring (bicyclic) bond motifs is 1. The van der Waals surface area contributed by atoms with E-state index in [-0.39, 0.29) is 11.8 Å². The van der Waals surface area contributed by atoms with Gasteiger partial charge in [-0.05, 0) is 12.0 Å². The summed E-state index contributed by atoms with van der Waals surface area (Å²) in [5.41, 5.74) is 6.64. The van der Waals surface area contributed by atoms with Gasteiger partial charge in [-0.25, -0.2) is 4.79 Å². The van der Waals surface area contributed by atoms with Crippen LogP contribution in [-0.2, 0) is 22.5 Å². The van der Waals surface area contributed by atoms with Gasteiger partial charge in [-0.1, -0.05) is 13.8 Å². The summed E-state index contributed by atoms with van der Waals surface area (Å²) in [5, 5.41) is 3.21. The van der Waals surface area contributed by atoms with Crippen LogP contribution in [0.3, 0.4) is 0 Å². The molecule has 1 aromatic heterocycles. The van der Waals surface area contributed by atoms with Crippen LogP contribution in [0.4, 0.5) is 9.80 Å². The Bertz CT molecular complexity index is 624. The second-order valence-electron chi connectivity index (χ2n) is 5.36. The maximum Gasteiger partial charge on any atom is 0.409 e. The number of ether oxygens (including phenoxy) is 1. The number of nitrogens with two attached hydrogens (primary N) is 1. The van der Waals surface area contributed by atoms with E-state index in [0.29, 0.717) is 30.1 Å². The molecule has 0 spiro atoms. The van der Waals surface area contributed by atoms with Gasteiger partial charge in [-0.3, -0.25) is 9.59 Å². The molecular weight excluding hydrogens is 306 g/mol. The van der Waals surface area contributed by atoms with E-state index < -0.39 is 12.0 Å². The molecular formula is C14H19N3O4S. The van der Waals surface area contributed by atoms with Crippen LogP contribution < -0.4 is 11.1 Å². The molecule has 22 heavy (non-hydrogen) atoms. The quantitative estimate of drug-likeness (QED) is 0.880. The number of methoxy groups -OCH3 is 1. The molecule has 3 N–H and O–H groups in total. The molecule has 120 valence electrons. The van der Waals surface area contributed by atoms with Crippen molar-refractivity contribution in [2.45, 2.75) is 26.8 Å². The van der Waals surface area contributed by atoms with Gasteiger partial charge in [0.2, 0.25) is 5.91 Å². The third-order valence-corrected chi connectivity index (χ3v) is 4.63. The van der Waals surface area contributed by atoms with Gasteiger partial charge >= 0.3 is 6.09 Å². The number of thiophene rings is 1. The molecule has 1 aliphatic heterocycles. The summed E-state index contributed by atoms with van der Waals surface area (Å²) in [7, 11) is 1.33. The second-order valence-corrected chi connectivity index (χ2v) is 6.46. The third-order valence-electron chi connectivity index (χ3n) is 3.50. The minimum Gasteiger partial charge on any atom is -0.453 e. The predicted molar refractivity (Wildman–Crippen MR) is 82.8 cm³/mol. The fraction of sp³-hybridized carbons (Fsp3) is 0.500. The van der Waals surface area contributed by atoms with Crippen molar-refractivity contribution < 1.29 is 19.1 Å². The topological polar surface area (TPSA) is 102 Å². The summed E-state index contributed by atoms with van der Waals surface area (Å²) in [4.78, 5) is 37.6. The number of anilines is 1. The Kier molecular flexibility index (Phi) is 4.70. The first-order chi connectivity index (χ1) is 10.3. The van der Waals surface area contributed by atoms with Crippen molar-refractivity contribution in [2.75, 3.05) is 19.0 Å². The van der Waals surface area contributed by atoms with E-state index in [9.17, 15) is 14.4 Å². The molecule has 1 aliphatic rings. The number of amides is 3. The van der Waals surface area contributed by atoms with E-state index in [0.717, 1.165) is 10.4 Å². The highest BCUT2D eigenvalue weighted by molar-refractivity contribution is 7.17. The lowest BCUT2D eigenvalue weighted by Gasteiger charge is -2.25. The molecule has 0 radical (unpaired) electrons. The zero-order valence-corrected chi connectivity index (χ0v) is 13.6. The average molecular weight is 325 g/mol. The van der Waals surface area contributed by atoms with E-state index in [1.807, 2.05) is 0 Å². The molecule has 0 bridgehead atoms. The Morgan fingerprint density at radius 2 is 2.05 bits per heavy atom. The summed E-state index contributed by atoms with van der Waals surface area (Å²) < 4.78 is 4.72. The number of carbonyl (C=O) groups excluding carboxylic acids is 3. The normalized spacial score (nSPS) is 13.7. The zero-order valence-electron chi connectivity index (χ0n) is 12.8. The SMILES string of the molecule is COC(=O)N1CCc2c(sc(NC(=O)C(C)C)c2C(N)=O)C1. The molecule has 0 saturated heterocycles. The van der Waals surface area contributed by atoms with Crippen molar-refractivity contribution in [3.63, 3.8) is 0 Å². The van der Waals surface area contributed by atoms with E-state index in [1.165, 1.54) is 18.4 Å².